The third-order valence-electron chi connectivity index (χ3n) is 3.18. The summed E-state index contributed by atoms with van der Waals surface area (Å²) in [4.78, 5) is 31.8. The number of carbonyl (C=O) groups excluding carboxylic acids is 1. The van der Waals surface area contributed by atoms with Crippen molar-refractivity contribution < 1.29 is 14.7 Å². The summed E-state index contributed by atoms with van der Waals surface area (Å²) in [7, 11) is 0. The Morgan fingerprint density at radius 1 is 1.38 bits per heavy atom. The first-order chi connectivity index (χ1) is 9.86. The Hall–Kier alpha value is -1.98. The fraction of sp³-hybridized carbons (Fsp3) is 0.600. The third kappa shape index (κ3) is 4.81. The van der Waals surface area contributed by atoms with Crippen LogP contribution in [-0.4, -0.2) is 33.0 Å². The van der Waals surface area contributed by atoms with Gasteiger partial charge in [0.05, 0.1) is 11.3 Å². The number of carboxylic acids is 1. The quantitative estimate of drug-likeness (QED) is 0.804. The number of aliphatic carboxylic acids is 1. The molecule has 1 rings (SSSR count). The van der Waals surface area contributed by atoms with Crippen molar-refractivity contribution in [3.8, 4) is 0 Å². The van der Waals surface area contributed by atoms with Gasteiger partial charge >= 0.3 is 5.97 Å². The molecular formula is C15H23N3O3. The molecule has 0 aromatic carbocycles. The third-order valence-corrected chi connectivity index (χ3v) is 3.18. The minimum atomic E-state index is -1.02. The van der Waals surface area contributed by atoms with E-state index < -0.39 is 17.9 Å². The number of aromatic nitrogens is 2. The van der Waals surface area contributed by atoms with Gasteiger partial charge in [0.15, 0.2) is 0 Å². The molecule has 0 aliphatic carbocycles. The number of nitrogens with zero attached hydrogens (tertiary/aromatic N) is 2. The van der Waals surface area contributed by atoms with Crippen molar-refractivity contribution in [2.75, 3.05) is 0 Å². The molecule has 0 unspecified atom stereocenters. The highest BCUT2D eigenvalue weighted by molar-refractivity contribution is 5.97. The fourth-order valence-electron chi connectivity index (χ4n) is 2.00. The first-order valence-corrected chi connectivity index (χ1v) is 7.24. The number of amides is 1. The Kier molecular flexibility index (Phi) is 6.27. The van der Waals surface area contributed by atoms with Gasteiger partial charge in [0.2, 0.25) is 0 Å². The van der Waals surface area contributed by atoms with E-state index in [0.717, 1.165) is 12.8 Å². The lowest BCUT2D eigenvalue weighted by Crippen LogP contribution is -2.41. The van der Waals surface area contributed by atoms with Crippen molar-refractivity contribution in [1.29, 1.82) is 0 Å². The molecule has 0 spiro atoms. The van der Waals surface area contributed by atoms with Crippen molar-refractivity contribution in [3.63, 3.8) is 0 Å². The first kappa shape index (κ1) is 17.1. The van der Waals surface area contributed by atoms with E-state index in [2.05, 4.69) is 15.3 Å². The van der Waals surface area contributed by atoms with Crippen LogP contribution in [0.3, 0.4) is 0 Å². The van der Waals surface area contributed by atoms with E-state index in [9.17, 15) is 14.7 Å². The maximum absolute atomic E-state index is 12.3. The van der Waals surface area contributed by atoms with Crippen LogP contribution in [-0.2, 0) is 4.79 Å². The molecular weight excluding hydrogens is 270 g/mol. The van der Waals surface area contributed by atoms with E-state index in [1.807, 2.05) is 20.8 Å². The van der Waals surface area contributed by atoms with E-state index in [1.165, 1.54) is 6.20 Å². The number of rotatable bonds is 7. The van der Waals surface area contributed by atoms with Crippen LogP contribution in [0, 0.1) is 6.92 Å². The number of hydrogen-bond acceptors (Lipinski definition) is 4. The van der Waals surface area contributed by atoms with E-state index in [0.29, 0.717) is 23.5 Å². The average Bonchev–Trinajstić information content (AvgIpc) is 2.42. The van der Waals surface area contributed by atoms with Crippen LogP contribution in [0.5, 0.6) is 0 Å². The number of hydrogen-bond donors (Lipinski definition) is 2. The summed E-state index contributed by atoms with van der Waals surface area (Å²) in [5, 5.41) is 11.7. The van der Waals surface area contributed by atoms with Crippen LogP contribution in [0.4, 0.5) is 0 Å². The smallest absolute Gasteiger partial charge is 0.326 e. The van der Waals surface area contributed by atoms with Gasteiger partial charge in [-0.2, -0.15) is 0 Å². The molecule has 6 heteroatoms. The van der Waals surface area contributed by atoms with Crippen molar-refractivity contribution in [3.05, 3.63) is 23.3 Å². The van der Waals surface area contributed by atoms with Gasteiger partial charge in [-0.1, -0.05) is 33.6 Å². The maximum Gasteiger partial charge on any atom is 0.326 e. The predicted molar refractivity (Wildman–Crippen MR) is 79.3 cm³/mol. The molecule has 1 atom stereocenters. The number of nitrogens with one attached hydrogen (secondary N) is 1. The van der Waals surface area contributed by atoms with E-state index in [4.69, 9.17) is 0 Å². The van der Waals surface area contributed by atoms with Crippen molar-refractivity contribution in [2.24, 2.45) is 0 Å². The Bertz CT molecular complexity index is 515. The van der Waals surface area contributed by atoms with Crippen LogP contribution in [0.25, 0.3) is 0 Å². The standard InChI is InChI=1S/C15H23N3O3/c1-5-6-7-12(15(20)21)18-14(19)11-8-16-10(4)17-13(11)9(2)3/h8-9,12H,5-7H2,1-4H3,(H,18,19)(H,20,21)/t12-/m0/s1. The van der Waals surface area contributed by atoms with Crippen molar-refractivity contribution >= 4 is 11.9 Å². The van der Waals surface area contributed by atoms with Crippen LogP contribution >= 0.6 is 0 Å². The SMILES string of the molecule is CCCC[C@H](NC(=O)c1cnc(C)nc1C(C)C)C(=O)O. The van der Waals surface area contributed by atoms with Crippen LogP contribution in [0.15, 0.2) is 6.20 Å². The maximum atomic E-state index is 12.3. The molecule has 0 aliphatic heterocycles. The monoisotopic (exact) mass is 293 g/mol. The molecule has 0 radical (unpaired) electrons. The second kappa shape index (κ2) is 7.71. The highest BCUT2D eigenvalue weighted by Gasteiger charge is 2.23. The van der Waals surface area contributed by atoms with Gasteiger partial charge in [0.25, 0.3) is 5.91 Å². The molecule has 0 bridgehead atoms. The molecule has 0 aliphatic rings. The van der Waals surface area contributed by atoms with E-state index in [-0.39, 0.29) is 5.92 Å². The van der Waals surface area contributed by atoms with Gasteiger partial charge in [0, 0.05) is 6.20 Å². The molecule has 21 heavy (non-hydrogen) atoms. The lowest BCUT2D eigenvalue weighted by atomic mass is 10.0. The number of unbranched alkanes of at least 4 members (excludes halogenated alkanes) is 1. The summed E-state index contributed by atoms with van der Waals surface area (Å²) in [6, 6.07) is -0.876. The Balaban J connectivity index is 2.94. The Labute approximate surface area is 125 Å². The van der Waals surface area contributed by atoms with Gasteiger partial charge < -0.3 is 10.4 Å². The minimum Gasteiger partial charge on any atom is -0.480 e. The summed E-state index contributed by atoms with van der Waals surface area (Å²) in [6.45, 7) is 7.61. The topological polar surface area (TPSA) is 92.2 Å². The van der Waals surface area contributed by atoms with Gasteiger partial charge in [-0.3, -0.25) is 4.79 Å². The molecule has 0 fully saturated rings. The number of carboxylic acid groups (broad SMARTS) is 1. The van der Waals surface area contributed by atoms with Gasteiger partial charge in [-0.15, -0.1) is 0 Å². The molecule has 0 saturated heterocycles. The van der Waals surface area contributed by atoms with E-state index in [1.54, 1.807) is 6.92 Å². The zero-order valence-electron chi connectivity index (χ0n) is 13.0. The summed E-state index contributed by atoms with van der Waals surface area (Å²) >= 11 is 0. The number of aryl methyl sites for hydroxylation is 1. The molecule has 1 aromatic heterocycles. The molecule has 1 aromatic rings. The Morgan fingerprint density at radius 3 is 2.57 bits per heavy atom. The fourth-order valence-corrected chi connectivity index (χ4v) is 2.00. The zero-order valence-corrected chi connectivity index (χ0v) is 13.0. The Morgan fingerprint density at radius 2 is 2.05 bits per heavy atom. The zero-order chi connectivity index (χ0) is 16.0. The van der Waals surface area contributed by atoms with Gasteiger partial charge in [-0.05, 0) is 19.3 Å². The molecule has 2 N–H and O–H groups in total. The van der Waals surface area contributed by atoms with Gasteiger partial charge in [-0.25, -0.2) is 14.8 Å². The minimum absolute atomic E-state index is 0.0615. The first-order valence-electron chi connectivity index (χ1n) is 7.24. The second-order valence-corrected chi connectivity index (χ2v) is 5.38. The largest absolute Gasteiger partial charge is 0.480 e. The summed E-state index contributed by atoms with van der Waals surface area (Å²) in [5.74, 6) is -0.791. The lowest BCUT2D eigenvalue weighted by molar-refractivity contribution is -0.139. The van der Waals surface area contributed by atoms with Crippen molar-refractivity contribution in [1.82, 2.24) is 15.3 Å². The molecule has 0 saturated carbocycles. The summed E-state index contributed by atoms with van der Waals surface area (Å²) < 4.78 is 0. The highest BCUT2D eigenvalue weighted by atomic mass is 16.4. The molecule has 116 valence electrons. The predicted octanol–water partition coefficient (Wildman–Crippen LogP) is 2.28. The normalized spacial score (nSPS) is 12.2. The van der Waals surface area contributed by atoms with Gasteiger partial charge in [0.1, 0.15) is 11.9 Å². The van der Waals surface area contributed by atoms with Crippen LogP contribution in [0.2, 0.25) is 0 Å². The van der Waals surface area contributed by atoms with E-state index >= 15 is 0 Å². The summed E-state index contributed by atoms with van der Waals surface area (Å²) in [6.07, 6.45) is 3.51. The summed E-state index contributed by atoms with van der Waals surface area (Å²) in [5.41, 5.74) is 0.984. The average molecular weight is 293 g/mol. The molecule has 1 heterocycles. The lowest BCUT2D eigenvalue weighted by Gasteiger charge is -2.16. The number of carbonyl (C=O) groups is 2. The molecule has 6 nitrogen and oxygen atoms in total. The van der Waals surface area contributed by atoms with Crippen molar-refractivity contribution in [2.45, 2.75) is 58.9 Å². The van der Waals surface area contributed by atoms with Crippen LogP contribution in [0.1, 0.15) is 67.8 Å². The van der Waals surface area contributed by atoms with Crippen LogP contribution < -0.4 is 5.32 Å². The highest BCUT2D eigenvalue weighted by Crippen LogP contribution is 2.17. The molecule has 1 amide bonds. The second-order valence-electron chi connectivity index (χ2n) is 5.38.